The van der Waals surface area contributed by atoms with Crippen LogP contribution in [0.3, 0.4) is 0 Å². The zero-order valence-electron chi connectivity index (χ0n) is 15.1. The molecule has 0 N–H and O–H groups in total. The molecule has 0 radical (unpaired) electrons. The van der Waals surface area contributed by atoms with E-state index in [1.54, 1.807) is 0 Å². The minimum atomic E-state index is 0.826. The lowest BCUT2D eigenvalue weighted by atomic mass is 10.0. The molecule has 0 fully saturated rings. The van der Waals surface area contributed by atoms with E-state index >= 15 is 0 Å². The van der Waals surface area contributed by atoms with Crippen molar-refractivity contribution in [3.63, 3.8) is 0 Å². The highest BCUT2D eigenvalue weighted by Gasteiger charge is 2.02. The lowest BCUT2D eigenvalue weighted by Gasteiger charge is -2.17. The minimum Gasteiger partial charge on any atom is -0.345 e. The fourth-order valence-electron chi connectivity index (χ4n) is 2.66. The number of carbonyl (C=O) groups is 1. The van der Waals surface area contributed by atoms with Crippen LogP contribution in [0.5, 0.6) is 0 Å². The summed E-state index contributed by atoms with van der Waals surface area (Å²) in [5.74, 6) is 1.65. The lowest BCUT2D eigenvalue weighted by molar-refractivity contribution is -0.118. The van der Waals surface area contributed by atoms with Crippen LogP contribution in [0, 0.1) is 11.8 Å². The smallest absolute Gasteiger partial charge is 0.209 e. The van der Waals surface area contributed by atoms with Gasteiger partial charge in [-0.15, -0.1) is 0 Å². The zero-order valence-corrected chi connectivity index (χ0v) is 15.1. The predicted molar refractivity (Wildman–Crippen MR) is 93.5 cm³/mol. The maximum Gasteiger partial charge on any atom is 0.209 e. The quantitative estimate of drug-likeness (QED) is 0.282. The Morgan fingerprint density at radius 1 is 0.667 bits per heavy atom. The Balaban J connectivity index is 3.39. The summed E-state index contributed by atoms with van der Waals surface area (Å²) in [5.41, 5.74) is 0. The third kappa shape index (κ3) is 15.7. The van der Waals surface area contributed by atoms with Crippen LogP contribution < -0.4 is 0 Å². The van der Waals surface area contributed by atoms with Crippen LogP contribution in [0.2, 0.25) is 0 Å². The lowest BCUT2D eigenvalue weighted by Crippen LogP contribution is -2.24. The van der Waals surface area contributed by atoms with Crippen molar-refractivity contribution >= 4 is 6.41 Å². The molecule has 0 bridgehead atoms. The maximum absolute atomic E-state index is 11.0. The highest BCUT2D eigenvalue weighted by molar-refractivity contribution is 5.46. The number of rotatable bonds is 15. The topological polar surface area (TPSA) is 20.3 Å². The summed E-state index contributed by atoms with van der Waals surface area (Å²) in [6, 6.07) is 0. The van der Waals surface area contributed by atoms with Crippen molar-refractivity contribution in [1.29, 1.82) is 0 Å². The van der Waals surface area contributed by atoms with Gasteiger partial charge in [-0.25, -0.2) is 0 Å². The van der Waals surface area contributed by atoms with Gasteiger partial charge in [-0.05, 0) is 24.7 Å². The molecule has 126 valence electrons. The first-order valence-corrected chi connectivity index (χ1v) is 9.25. The van der Waals surface area contributed by atoms with Crippen LogP contribution in [0.25, 0.3) is 0 Å². The van der Waals surface area contributed by atoms with E-state index < -0.39 is 0 Å². The summed E-state index contributed by atoms with van der Waals surface area (Å²) < 4.78 is 0. The minimum absolute atomic E-state index is 0.826. The Bertz CT molecular complexity index is 206. The molecule has 0 aromatic heterocycles. The first kappa shape index (κ1) is 20.5. The van der Waals surface area contributed by atoms with Crippen molar-refractivity contribution < 1.29 is 4.79 Å². The Kier molecular flexibility index (Phi) is 14.0. The fourth-order valence-corrected chi connectivity index (χ4v) is 2.66. The summed E-state index contributed by atoms with van der Waals surface area (Å²) in [6.45, 7) is 11.1. The van der Waals surface area contributed by atoms with Crippen molar-refractivity contribution in [2.75, 3.05) is 13.1 Å². The molecule has 2 heteroatoms. The Morgan fingerprint density at radius 3 is 1.38 bits per heavy atom. The van der Waals surface area contributed by atoms with E-state index in [-0.39, 0.29) is 0 Å². The van der Waals surface area contributed by atoms with Gasteiger partial charge >= 0.3 is 0 Å². The van der Waals surface area contributed by atoms with Crippen molar-refractivity contribution in [2.45, 2.75) is 91.9 Å². The van der Waals surface area contributed by atoms with Crippen LogP contribution in [-0.2, 0) is 4.79 Å². The zero-order chi connectivity index (χ0) is 15.9. The van der Waals surface area contributed by atoms with E-state index in [9.17, 15) is 4.79 Å². The summed E-state index contributed by atoms with van der Waals surface area (Å²) in [5, 5.41) is 0. The predicted octanol–water partition coefficient (Wildman–Crippen LogP) is 5.66. The van der Waals surface area contributed by atoms with Gasteiger partial charge in [-0.1, -0.05) is 79.1 Å². The average Bonchev–Trinajstić information content (AvgIpc) is 2.43. The summed E-state index contributed by atoms with van der Waals surface area (Å²) in [7, 11) is 0. The van der Waals surface area contributed by atoms with E-state index in [0.717, 1.165) is 31.3 Å². The van der Waals surface area contributed by atoms with Gasteiger partial charge in [0.2, 0.25) is 6.41 Å². The van der Waals surface area contributed by atoms with Gasteiger partial charge in [-0.3, -0.25) is 4.79 Å². The third-order valence-electron chi connectivity index (χ3n) is 4.10. The van der Waals surface area contributed by atoms with E-state index in [1.165, 1.54) is 64.2 Å². The fraction of sp³-hybridized carbons (Fsp3) is 0.947. The summed E-state index contributed by atoms with van der Waals surface area (Å²) in [4.78, 5) is 13.0. The van der Waals surface area contributed by atoms with Gasteiger partial charge in [0.25, 0.3) is 0 Å². The first-order chi connectivity index (χ1) is 10.1. The molecule has 0 aromatic rings. The van der Waals surface area contributed by atoms with Crippen LogP contribution in [0.1, 0.15) is 91.9 Å². The van der Waals surface area contributed by atoms with Gasteiger partial charge in [-0.2, -0.15) is 0 Å². The molecule has 0 rings (SSSR count). The molecule has 0 saturated carbocycles. The summed E-state index contributed by atoms with van der Waals surface area (Å²) >= 11 is 0. The Labute approximate surface area is 133 Å². The SMILES string of the molecule is CC(C)CCCCCCN(C=O)CCCCCCC(C)C. The molecule has 1 amide bonds. The van der Waals surface area contributed by atoms with Crippen molar-refractivity contribution in [2.24, 2.45) is 11.8 Å². The second-order valence-corrected chi connectivity index (χ2v) is 7.33. The molecule has 0 aliphatic heterocycles. The highest BCUT2D eigenvalue weighted by Crippen LogP contribution is 2.11. The number of unbranched alkanes of at least 4 members (excludes halogenated alkanes) is 6. The molecular formula is C19H39NO. The van der Waals surface area contributed by atoms with Crippen LogP contribution in [-0.4, -0.2) is 24.4 Å². The highest BCUT2D eigenvalue weighted by atomic mass is 16.1. The number of carbonyl (C=O) groups excluding carboxylic acids is 1. The molecule has 0 spiro atoms. The van der Waals surface area contributed by atoms with E-state index in [0.29, 0.717) is 0 Å². The maximum atomic E-state index is 11.0. The van der Waals surface area contributed by atoms with Gasteiger partial charge in [0, 0.05) is 13.1 Å². The number of hydrogen-bond donors (Lipinski definition) is 0. The standard InChI is InChI=1S/C19H39NO/c1-18(2)13-9-5-7-11-15-20(17-21)16-12-8-6-10-14-19(3)4/h17-19H,5-16H2,1-4H3. The molecule has 2 nitrogen and oxygen atoms in total. The second-order valence-electron chi connectivity index (χ2n) is 7.33. The molecule has 0 aliphatic carbocycles. The van der Waals surface area contributed by atoms with Gasteiger partial charge in [0.1, 0.15) is 0 Å². The molecule has 21 heavy (non-hydrogen) atoms. The monoisotopic (exact) mass is 297 g/mol. The van der Waals surface area contributed by atoms with Crippen LogP contribution >= 0.6 is 0 Å². The number of nitrogens with zero attached hydrogens (tertiary/aromatic N) is 1. The first-order valence-electron chi connectivity index (χ1n) is 9.25. The van der Waals surface area contributed by atoms with Crippen molar-refractivity contribution in [3.8, 4) is 0 Å². The summed E-state index contributed by atoms with van der Waals surface area (Å²) in [6.07, 6.45) is 13.9. The molecule has 0 heterocycles. The van der Waals surface area contributed by atoms with Crippen LogP contribution in [0.15, 0.2) is 0 Å². The largest absolute Gasteiger partial charge is 0.345 e. The van der Waals surface area contributed by atoms with Gasteiger partial charge in [0.05, 0.1) is 0 Å². The molecule has 0 unspecified atom stereocenters. The Morgan fingerprint density at radius 2 is 1.05 bits per heavy atom. The Hall–Kier alpha value is -0.530. The normalized spacial score (nSPS) is 11.3. The van der Waals surface area contributed by atoms with Crippen molar-refractivity contribution in [3.05, 3.63) is 0 Å². The molecule has 0 aliphatic rings. The van der Waals surface area contributed by atoms with Crippen LogP contribution in [0.4, 0.5) is 0 Å². The number of amides is 1. The van der Waals surface area contributed by atoms with E-state index in [4.69, 9.17) is 0 Å². The number of hydrogen-bond acceptors (Lipinski definition) is 1. The molecule has 0 atom stereocenters. The van der Waals surface area contributed by atoms with Crippen molar-refractivity contribution in [1.82, 2.24) is 4.90 Å². The van der Waals surface area contributed by atoms with Gasteiger partial charge < -0.3 is 4.90 Å². The molecule has 0 aromatic carbocycles. The van der Waals surface area contributed by atoms with Gasteiger partial charge in [0.15, 0.2) is 0 Å². The van der Waals surface area contributed by atoms with E-state index in [1.807, 2.05) is 4.90 Å². The molecule has 0 saturated heterocycles. The third-order valence-corrected chi connectivity index (χ3v) is 4.10. The second kappa shape index (κ2) is 14.4. The van der Waals surface area contributed by atoms with E-state index in [2.05, 4.69) is 27.7 Å². The average molecular weight is 298 g/mol. The molecular weight excluding hydrogens is 258 g/mol.